The SMILES string of the molecule is CC/C=C\c1csc(NC(=O)OC(C)(C)C)n1.O=C(O)O. The van der Waals surface area contributed by atoms with Gasteiger partial charge in [-0.2, -0.15) is 0 Å². The normalized spacial score (nSPS) is 10.7. The van der Waals surface area contributed by atoms with Crippen LogP contribution in [0, 0.1) is 0 Å². The van der Waals surface area contributed by atoms with Crippen LogP contribution in [0.15, 0.2) is 11.5 Å². The lowest BCUT2D eigenvalue weighted by atomic mass is 10.2. The molecule has 0 aromatic carbocycles. The van der Waals surface area contributed by atoms with E-state index in [4.69, 9.17) is 19.7 Å². The fraction of sp³-hybridized carbons (Fsp3) is 0.462. The Morgan fingerprint density at radius 2 is 2.00 bits per heavy atom. The van der Waals surface area contributed by atoms with Gasteiger partial charge in [0.2, 0.25) is 0 Å². The molecule has 1 rings (SSSR count). The number of carbonyl (C=O) groups is 2. The first-order valence-electron chi connectivity index (χ1n) is 6.18. The van der Waals surface area contributed by atoms with Gasteiger partial charge in [-0.25, -0.2) is 14.6 Å². The van der Waals surface area contributed by atoms with Gasteiger partial charge >= 0.3 is 12.2 Å². The van der Waals surface area contributed by atoms with Gasteiger partial charge in [0.15, 0.2) is 5.13 Å². The van der Waals surface area contributed by atoms with E-state index in [-0.39, 0.29) is 0 Å². The molecule has 0 atom stereocenters. The molecule has 1 aromatic heterocycles. The Morgan fingerprint density at radius 1 is 1.43 bits per heavy atom. The molecule has 1 aromatic rings. The third kappa shape index (κ3) is 11.4. The zero-order valence-electron chi connectivity index (χ0n) is 12.4. The maximum absolute atomic E-state index is 11.5. The molecule has 0 bridgehead atoms. The molecule has 1 amide bonds. The minimum Gasteiger partial charge on any atom is -0.450 e. The zero-order valence-corrected chi connectivity index (χ0v) is 13.2. The van der Waals surface area contributed by atoms with E-state index in [1.807, 2.05) is 38.3 Å². The van der Waals surface area contributed by atoms with E-state index in [0.29, 0.717) is 5.13 Å². The summed E-state index contributed by atoms with van der Waals surface area (Å²) in [5, 5.41) is 19.0. The largest absolute Gasteiger partial charge is 0.503 e. The summed E-state index contributed by atoms with van der Waals surface area (Å²) in [6.07, 6.45) is 2.60. The predicted molar refractivity (Wildman–Crippen MR) is 81.9 cm³/mol. The molecular weight excluding hydrogens is 296 g/mol. The highest BCUT2D eigenvalue weighted by Crippen LogP contribution is 2.18. The lowest BCUT2D eigenvalue weighted by molar-refractivity contribution is 0.0635. The molecule has 0 spiro atoms. The monoisotopic (exact) mass is 316 g/mol. The van der Waals surface area contributed by atoms with E-state index in [1.165, 1.54) is 11.3 Å². The van der Waals surface area contributed by atoms with Gasteiger partial charge in [0.1, 0.15) is 5.60 Å². The first-order valence-corrected chi connectivity index (χ1v) is 7.06. The number of amides is 1. The Morgan fingerprint density at radius 3 is 2.48 bits per heavy atom. The van der Waals surface area contributed by atoms with Crippen LogP contribution in [-0.2, 0) is 4.74 Å². The maximum Gasteiger partial charge on any atom is 0.503 e. The Bertz CT molecular complexity index is 487. The number of nitrogens with one attached hydrogen (secondary N) is 1. The molecular formula is C13H20N2O5S. The van der Waals surface area contributed by atoms with Crippen molar-refractivity contribution in [2.45, 2.75) is 39.7 Å². The number of hydrogen-bond acceptors (Lipinski definition) is 5. The molecule has 0 aliphatic carbocycles. The van der Waals surface area contributed by atoms with Crippen LogP contribution < -0.4 is 5.32 Å². The van der Waals surface area contributed by atoms with Crippen molar-refractivity contribution in [3.63, 3.8) is 0 Å². The summed E-state index contributed by atoms with van der Waals surface area (Å²) in [5.41, 5.74) is 0.356. The number of carboxylic acid groups (broad SMARTS) is 2. The number of anilines is 1. The summed E-state index contributed by atoms with van der Waals surface area (Å²) in [6.45, 7) is 7.53. The van der Waals surface area contributed by atoms with Crippen LogP contribution in [0.3, 0.4) is 0 Å². The molecule has 0 saturated heterocycles. The minimum atomic E-state index is -1.83. The van der Waals surface area contributed by atoms with Crippen LogP contribution in [0.4, 0.5) is 14.7 Å². The van der Waals surface area contributed by atoms with Crippen LogP contribution in [-0.4, -0.2) is 33.0 Å². The molecule has 1 heterocycles. The number of ether oxygens (including phenoxy) is 1. The van der Waals surface area contributed by atoms with Gasteiger partial charge in [0.05, 0.1) is 5.69 Å². The molecule has 118 valence electrons. The lowest BCUT2D eigenvalue weighted by Gasteiger charge is -2.18. The topological polar surface area (TPSA) is 109 Å². The van der Waals surface area contributed by atoms with E-state index >= 15 is 0 Å². The number of hydrogen-bond donors (Lipinski definition) is 3. The van der Waals surface area contributed by atoms with Crippen LogP contribution in [0.2, 0.25) is 0 Å². The Kier molecular flexibility index (Phi) is 8.07. The maximum atomic E-state index is 11.5. The standard InChI is InChI=1S/C12H18N2O2S.CH2O3/c1-5-6-7-9-8-17-10(13-9)14-11(15)16-12(2,3)4;2-1(3)4/h6-8H,5H2,1-4H3,(H,13,14,15);(H2,2,3,4)/b7-6-;. The number of rotatable bonds is 3. The Labute approximate surface area is 127 Å². The molecule has 21 heavy (non-hydrogen) atoms. The van der Waals surface area contributed by atoms with E-state index in [2.05, 4.69) is 17.2 Å². The predicted octanol–water partition coefficient (Wildman–Crippen LogP) is 4.14. The van der Waals surface area contributed by atoms with Crippen LogP contribution in [0.1, 0.15) is 39.8 Å². The second-order valence-corrected chi connectivity index (χ2v) is 5.66. The number of aromatic nitrogens is 1. The van der Waals surface area contributed by atoms with Gasteiger partial charge in [-0.05, 0) is 33.3 Å². The molecule has 8 heteroatoms. The second kappa shape index (κ2) is 8.96. The molecule has 0 fully saturated rings. The van der Waals surface area contributed by atoms with Crippen molar-refractivity contribution in [1.82, 2.24) is 4.98 Å². The fourth-order valence-corrected chi connectivity index (χ4v) is 1.71. The minimum absolute atomic E-state index is 0.474. The number of carbonyl (C=O) groups excluding carboxylic acids is 1. The number of thiazole rings is 1. The van der Waals surface area contributed by atoms with Crippen molar-refractivity contribution < 1.29 is 24.5 Å². The number of nitrogens with zero attached hydrogens (tertiary/aromatic N) is 1. The van der Waals surface area contributed by atoms with E-state index in [1.54, 1.807) is 0 Å². The highest BCUT2D eigenvalue weighted by molar-refractivity contribution is 7.14. The van der Waals surface area contributed by atoms with Crippen LogP contribution in [0.25, 0.3) is 6.08 Å². The summed E-state index contributed by atoms with van der Waals surface area (Å²) in [6, 6.07) is 0. The Balaban J connectivity index is 0.000000885. The molecule has 0 aliphatic heterocycles. The summed E-state index contributed by atoms with van der Waals surface area (Å²) >= 11 is 1.38. The van der Waals surface area contributed by atoms with Crippen LogP contribution in [0.5, 0.6) is 0 Å². The second-order valence-electron chi connectivity index (χ2n) is 4.80. The van der Waals surface area contributed by atoms with Gasteiger partial charge in [0, 0.05) is 5.38 Å². The van der Waals surface area contributed by atoms with Crippen molar-refractivity contribution >= 4 is 34.8 Å². The number of allylic oxidation sites excluding steroid dienone is 1. The summed E-state index contributed by atoms with van der Waals surface area (Å²) in [4.78, 5) is 24.3. The van der Waals surface area contributed by atoms with Crippen molar-refractivity contribution in [2.24, 2.45) is 0 Å². The van der Waals surface area contributed by atoms with E-state index in [0.717, 1.165) is 12.1 Å². The van der Waals surface area contributed by atoms with Crippen molar-refractivity contribution in [3.05, 3.63) is 17.2 Å². The first kappa shape index (κ1) is 18.9. The highest BCUT2D eigenvalue weighted by atomic mass is 32.1. The smallest absolute Gasteiger partial charge is 0.450 e. The quantitative estimate of drug-likeness (QED) is 0.773. The van der Waals surface area contributed by atoms with Gasteiger partial charge in [-0.15, -0.1) is 11.3 Å². The summed E-state index contributed by atoms with van der Waals surface area (Å²) in [5.74, 6) is 0. The third-order valence-corrected chi connectivity index (χ3v) is 2.43. The molecule has 7 nitrogen and oxygen atoms in total. The fourth-order valence-electron chi connectivity index (χ4n) is 1.05. The average molecular weight is 316 g/mol. The molecule has 0 radical (unpaired) electrons. The lowest BCUT2D eigenvalue weighted by Crippen LogP contribution is -2.27. The molecule has 0 aliphatic rings. The zero-order chi connectivity index (χ0) is 16.5. The van der Waals surface area contributed by atoms with Gasteiger partial charge in [0.25, 0.3) is 0 Å². The summed E-state index contributed by atoms with van der Waals surface area (Å²) in [7, 11) is 0. The average Bonchev–Trinajstić information content (AvgIpc) is 2.70. The highest BCUT2D eigenvalue weighted by Gasteiger charge is 2.16. The van der Waals surface area contributed by atoms with Gasteiger partial charge in [-0.1, -0.05) is 13.0 Å². The van der Waals surface area contributed by atoms with Gasteiger partial charge in [-0.3, -0.25) is 5.32 Å². The molecule has 3 N–H and O–H groups in total. The van der Waals surface area contributed by atoms with E-state index in [9.17, 15) is 4.79 Å². The van der Waals surface area contributed by atoms with Crippen molar-refractivity contribution in [1.29, 1.82) is 0 Å². The molecule has 0 saturated carbocycles. The summed E-state index contributed by atoms with van der Waals surface area (Å²) < 4.78 is 5.13. The van der Waals surface area contributed by atoms with Crippen LogP contribution >= 0.6 is 11.3 Å². The Hall–Kier alpha value is -2.09. The third-order valence-electron chi connectivity index (χ3n) is 1.65. The van der Waals surface area contributed by atoms with Crippen molar-refractivity contribution in [2.75, 3.05) is 5.32 Å². The van der Waals surface area contributed by atoms with Gasteiger partial charge < -0.3 is 14.9 Å². The van der Waals surface area contributed by atoms with E-state index < -0.39 is 17.8 Å². The molecule has 0 unspecified atom stereocenters. The van der Waals surface area contributed by atoms with Crippen molar-refractivity contribution in [3.8, 4) is 0 Å². The first-order chi connectivity index (χ1) is 9.64.